The highest BCUT2D eigenvalue weighted by molar-refractivity contribution is 5.73. The van der Waals surface area contributed by atoms with Gasteiger partial charge in [-0.2, -0.15) is 0 Å². The Bertz CT molecular complexity index is 707. The molecule has 4 nitrogen and oxygen atoms in total. The van der Waals surface area contributed by atoms with Crippen molar-refractivity contribution in [2.24, 2.45) is 0 Å². The van der Waals surface area contributed by atoms with Gasteiger partial charge in [0, 0.05) is 31.7 Å². The average Bonchev–Trinajstić information content (AvgIpc) is 2.58. The number of hydrogen-bond donors (Lipinski definition) is 1. The summed E-state index contributed by atoms with van der Waals surface area (Å²) < 4.78 is 13.6. The van der Waals surface area contributed by atoms with E-state index in [9.17, 15) is 9.18 Å². The molecule has 0 aliphatic carbocycles. The summed E-state index contributed by atoms with van der Waals surface area (Å²) >= 11 is 0. The van der Waals surface area contributed by atoms with Crippen LogP contribution in [0.4, 0.5) is 4.39 Å². The first-order valence-corrected chi connectivity index (χ1v) is 8.77. The van der Waals surface area contributed by atoms with Gasteiger partial charge in [0.05, 0.1) is 5.69 Å². The number of pyridine rings is 1. The summed E-state index contributed by atoms with van der Waals surface area (Å²) in [5.74, 6) is -0.241. The Morgan fingerprint density at radius 3 is 2.92 bits per heavy atom. The molecule has 25 heavy (non-hydrogen) atoms. The van der Waals surface area contributed by atoms with Gasteiger partial charge in [-0.15, -0.1) is 0 Å². The summed E-state index contributed by atoms with van der Waals surface area (Å²) in [5.41, 5.74) is 1.96. The summed E-state index contributed by atoms with van der Waals surface area (Å²) in [4.78, 5) is 18.4. The lowest BCUT2D eigenvalue weighted by atomic mass is 9.90. The fourth-order valence-electron chi connectivity index (χ4n) is 3.63. The Morgan fingerprint density at radius 2 is 2.20 bits per heavy atom. The van der Waals surface area contributed by atoms with Crippen LogP contribution in [0.25, 0.3) is 0 Å². The number of nitrogens with one attached hydrogen (secondary N) is 1. The number of benzene rings is 1. The topological polar surface area (TPSA) is 45.2 Å². The maximum atomic E-state index is 13.6. The zero-order valence-electron chi connectivity index (χ0n) is 14.5. The van der Waals surface area contributed by atoms with Gasteiger partial charge in [-0.3, -0.25) is 14.7 Å². The van der Waals surface area contributed by atoms with Crippen LogP contribution in [0.5, 0.6) is 0 Å². The minimum absolute atomic E-state index is 0.0195. The Kier molecular flexibility index (Phi) is 5.76. The van der Waals surface area contributed by atoms with E-state index < -0.39 is 0 Å². The van der Waals surface area contributed by atoms with E-state index in [1.54, 1.807) is 25.3 Å². The number of carbonyl (C=O) groups excluding carboxylic acids is 1. The van der Waals surface area contributed by atoms with Crippen molar-refractivity contribution in [2.75, 3.05) is 6.54 Å². The molecule has 132 valence electrons. The number of piperidine rings is 1. The van der Waals surface area contributed by atoms with E-state index in [1.165, 1.54) is 6.07 Å². The maximum Gasteiger partial charge on any atom is 0.217 e. The highest BCUT2D eigenvalue weighted by atomic mass is 19.1. The predicted octanol–water partition coefficient (Wildman–Crippen LogP) is 2.93. The van der Waals surface area contributed by atoms with E-state index in [4.69, 9.17) is 0 Å². The Morgan fingerprint density at radius 1 is 1.32 bits per heavy atom. The van der Waals surface area contributed by atoms with E-state index in [1.807, 2.05) is 24.3 Å². The van der Waals surface area contributed by atoms with Gasteiger partial charge in [0.2, 0.25) is 5.91 Å². The number of rotatable bonds is 5. The molecule has 2 atom stereocenters. The summed E-state index contributed by atoms with van der Waals surface area (Å²) in [6.45, 7) is 3.24. The quantitative estimate of drug-likeness (QED) is 0.909. The molecular weight excluding hydrogens is 317 g/mol. The Hall–Kier alpha value is -2.27. The first-order chi connectivity index (χ1) is 12.1. The largest absolute Gasteiger partial charge is 0.352 e. The summed E-state index contributed by atoms with van der Waals surface area (Å²) in [5, 5.41) is 3.09. The van der Waals surface area contributed by atoms with Gasteiger partial charge in [-0.05, 0) is 55.6 Å². The maximum absolute atomic E-state index is 13.6. The number of likely N-dealkylation sites (tertiary alicyclic amines) is 1. The molecule has 1 aromatic heterocycles. The summed E-state index contributed by atoms with van der Waals surface area (Å²) in [7, 11) is 0. The summed E-state index contributed by atoms with van der Waals surface area (Å²) in [6, 6.07) is 12.8. The molecule has 1 saturated heterocycles. The van der Waals surface area contributed by atoms with Crippen LogP contribution in [0, 0.1) is 5.82 Å². The van der Waals surface area contributed by atoms with E-state index in [-0.39, 0.29) is 23.8 Å². The highest BCUT2D eigenvalue weighted by Gasteiger charge is 2.32. The predicted molar refractivity (Wildman–Crippen MR) is 95.4 cm³/mol. The lowest BCUT2D eigenvalue weighted by molar-refractivity contribution is -0.120. The molecule has 2 heterocycles. The third-order valence-electron chi connectivity index (χ3n) is 4.71. The van der Waals surface area contributed by atoms with Crippen LogP contribution >= 0.6 is 0 Å². The molecule has 1 aliphatic heterocycles. The molecule has 1 N–H and O–H groups in total. The van der Waals surface area contributed by atoms with Crippen LogP contribution in [0.3, 0.4) is 0 Å². The Labute approximate surface area is 148 Å². The fourth-order valence-corrected chi connectivity index (χ4v) is 3.63. The van der Waals surface area contributed by atoms with Gasteiger partial charge in [-0.1, -0.05) is 18.2 Å². The van der Waals surface area contributed by atoms with Crippen LogP contribution < -0.4 is 5.32 Å². The van der Waals surface area contributed by atoms with Crippen LogP contribution in [-0.4, -0.2) is 34.4 Å². The molecule has 1 aromatic carbocycles. The third-order valence-corrected chi connectivity index (χ3v) is 4.71. The SMILES string of the molecule is CC(=O)N[C@H]1CCCN(Cc2ccccn2)[C@H]1Cc1cccc(F)c1. The minimum atomic E-state index is -0.222. The molecule has 0 bridgehead atoms. The third kappa shape index (κ3) is 4.86. The van der Waals surface area contributed by atoms with Crippen molar-refractivity contribution in [1.29, 1.82) is 0 Å². The first kappa shape index (κ1) is 17.5. The number of hydrogen-bond acceptors (Lipinski definition) is 3. The van der Waals surface area contributed by atoms with Crippen LogP contribution in [0.15, 0.2) is 48.7 Å². The molecule has 5 heteroatoms. The van der Waals surface area contributed by atoms with Crippen molar-refractivity contribution >= 4 is 5.91 Å². The second-order valence-corrected chi connectivity index (χ2v) is 6.64. The zero-order chi connectivity index (χ0) is 17.6. The minimum Gasteiger partial charge on any atom is -0.352 e. The van der Waals surface area contributed by atoms with Gasteiger partial charge in [0.25, 0.3) is 0 Å². The van der Waals surface area contributed by atoms with Gasteiger partial charge >= 0.3 is 0 Å². The lowest BCUT2D eigenvalue weighted by Crippen LogP contribution is -2.55. The summed E-state index contributed by atoms with van der Waals surface area (Å²) in [6.07, 6.45) is 4.47. The van der Waals surface area contributed by atoms with E-state index in [0.717, 1.165) is 37.2 Å². The van der Waals surface area contributed by atoms with E-state index >= 15 is 0 Å². The van der Waals surface area contributed by atoms with Crippen LogP contribution in [0.1, 0.15) is 31.0 Å². The first-order valence-electron chi connectivity index (χ1n) is 8.77. The molecular formula is C20H24FN3O. The van der Waals surface area contributed by atoms with Gasteiger partial charge in [0.15, 0.2) is 0 Å². The van der Waals surface area contributed by atoms with Crippen molar-refractivity contribution in [3.05, 3.63) is 65.7 Å². The Balaban J connectivity index is 1.81. The molecule has 1 amide bonds. The smallest absolute Gasteiger partial charge is 0.217 e. The zero-order valence-corrected chi connectivity index (χ0v) is 14.5. The second kappa shape index (κ2) is 8.21. The molecule has 0 radical (unpaired) electrons. The van der Waals surface area contributed by atoms with Crippen molar-refractivity contribution < 1.29 is 9.18 Å². The van der Waals surface area contributed by atoms with Gasteiger partial charge in [-0.25, -0.2) is 4.39 Å². The second-order valence-electron chi connectivity index (χ2n) is 6.64. The van der Waals surface area contributed by atoms with Gasteiger partial charge in [0.1, 0.15) is 5.82 Å². The van der Waals surface area contributed by atoms with E-state index in [2.05, 4.69) is 15.2 Å². The molecule has 2 aromatic rings. The lowest BCUT2D eigenvalue weighted by Gasteiger charge is -2.41. The van der Waals surface area contributed by atoms with Gasteiger partial charge < -0.3 is 5.32 Å². The normalized spacial score (nSPS) is 21.0. The number of halogens is 1. The average molecular weight is 341 g/mol. The standard InChI is InChI=1S/C20H24FN3O/c1-15(25)23-19-9-5-11-24(14-18-8-2-3-10-22-18)20(19)13-16-6-4-7-17(21)12-16/h2-4,6-8,10,12,19-20H,5,9,11,13-14H2,1H3,(H,23,25)/t19-,20-/m0/s1. The monoisotopic (exact) mass is 341 g/mol. The van der Waals surface area contributed by atoms with Crippen molar-refractivity contribution in [2.45, 2.75) is 44.8 Å². The number of aromatic nitrogens is 1. The fraction of sp³-hybridized carbons (Fsp3) is 0.400. The van der Waals surface area contributed by atoms with Crippen molar-refractivity contribution in [1.82, 2.24) is 15.2 Å². The number of nitrogens with zero attached hydrogens (tertiary/aromatic N) is 2. The molecule has 0 spiro atoms. The highest BCUT2D eigenvalue weighted by Crippen LogP contribution is 2.23. The molecule has 1 aliphatic rings. The molecule has 0 saturated carbocycles. The molecule has 1 fully saturated rings. The number of carbonyl (C=O) groups is 1. The molecule has 0 unspecified atom stereocenters. The van der Waals surface area contributed by atoms with Crippen LogP contribution in [-0.2, 0) is 17.8 Å². The number of amides is 1. The van der Waals surface area contributed by atoms with Crippen molar-refractivity contribution in [3.8, 4) is 0 Å². The molecule has 3 rings (SSSR count). The van der Waals surface area contributed by atoms with Crippen molar-refractivity contribution in [3.63, 3.8) is 0 Å². The van der Waals surface area contributed by atoms with E-state index in [0.29, 0.717) is 6.42 Å². The van der Waals surface area contributed by atoms with Crippen LogP contribution in [0.2, 0.25) is 0 Å².